The first kappa shape index (κ1) is 78.5. The monoisotopic (exact) mass is 1290 g/mol. The van der Waals surface area contributed by atoms with Crippen LogP contribution in [0.2, 0.25) is 0 Å². The minimum absolute atomic E-state index is 0.184. The van der Waals surface area contributed by atoms with Gasteiger partial charge in [0.05, 0.1) is 55.6 Å². The van der Waals surface area contributed by atoms with E-state index < -0.39 is 165 Å². The number of non-ortho nitro benzene ring substituents is 1. The number of carboxylic acids is 1. The molecule has 14 N–H and O–H groups in total. The Morgan fingerprint density at radius 2 is 1.23 bits per heavy atom. The predicted octanol–water partition coefficient (Wildman–Crippen LogP) is 4.37. The molecule has 0 unspecified atom stereocenters. The topological polar surface area (TPSA) is 417 Å². The molecule has 18 atom stereocenters. The second-order valence-electron chi connectivity index (χ2n) is 24.5. The fourth-order valence-electron chi connectivity index (χ4n) is 11.7. The fraction of sp³-hybridized carbons (Fsp3) is 0.828. The minimum Gasteiger partial charge on any atom is -0.477 e. The van der Waals surface area contributed by atoms with Crippen LogP contribution in [0, 0.1) is 10.1 Å². The van der Waals surface area contributed by atoms with Crippen molar-refractivity contribution in [3.05, 3.63) is 52.1 Å². The third-order valence-corrected chi connectivity index (χ3v) is 17.2. The van der Waals surface area contributed by atoms with Gasteiger partial charge in [-0.05, 0) is 25.3 Å². The lowest BCUT2D eigenvalue weighted by atomic mass is 9.87. The zero-order valence-corrected chi connectivity index (χ0v) is 52.9. The fourth-order valence-corrected chi connectivity index (χ4v) is 11.7. The number of amides is 2. The number of carbonyl (C=O) groups is 3. The van der Waals surface area contributed by atoms with Crippen LogP contribution >= 0.6 is 0 Å². The van der Waals surface area contributed by atoms with E-state index in [2.05, 4.69) is 24.5 Å². The molecule has 26 heteroatoms. The van der Waals surface area contributed by atoms with Crippen LogP contribution in [0.25, 0.3) is 0 Å². The average Bonchev–Trinajstić information content (AvgIpc) is 1.02. The summed E-state index contributed by atoms with van der Waals surface area (Å²) in [6.45, 7) is 0.823. The van der Waals surface area contributed by atoms with Gasteiger partial charge in [-0.3, -0.25) is 19.7 Å². The van der Waals surface area contributed by atoms with E-state index in [9.17, 15) is 85.8 Å². The van der Waals surface area contributed by atoms with Crippen LogP contribution < -0.4 is 10.6 Å². The molecule has 3 fully saturated rings. The van der Waals surface area contributed by atoms with Crippen molar-refractivity contribution in [1.29, 1.82) is 0 Å². The number of hydrogen-bond donors (Lipinski definition) is 14. The van der Waals surface area contributed by atoms with E-state index in [0.717, 1.165) is 63.5 Å². The molecular weight excluding hydrogens is 1180 g/mol. The summed E-state index contributed by atoms with van der Waals surface area (Å²) < 4.78 is 34.9. The second kappa shape index (κ2) is 43.1. The molecule has 2 amide bonds. The van der Waals surface area contributed by atoms with Crippen molar-refractivity contribution in [1.82, 2.24) is 10.6 Å². The van der Waals surface area contributed by atoms with E-state index in [1.807, 2.05) is 6.08 Å². The molecule has 3 saturated heterocycles. The van der Waals surface area contributed by atoms with Gasteiger partial charge in [0.15, 0.2) is 12.6 Å². The summed E-state index contributed by atoms with van der Waals surface area (Å²) in [6, 6.07) is 1.42. The first-order chi connectivity index (χ1) is 43.3. The van der Waals surface area contributed by atoms with Crippen LogP contribution in [0.3, 0.4) is 0 Å². The van der Waals surface area contributed by atoms with Gasteiger partial charge in [0.2, 0.25) is 5.91 Å². The van der Waals surface area contributed by atoms with Crippen LogP contribution in [0.15, 0.2) is 36.4 Å². The predicted molar refractivity (Wildman–Crippen MR) is 328 cm³/mol. The zero-order chi connectivity index (χ0) is 66.0. The van der Waals surface area contributed by atoms with Crippen molar-refractivity contribution in [2.45, 2.75) is 310 Å². The van der Waals surface area contributed by atoms with Crippen LogP contribution in [-0.2, 0) is 38.0 Å². The summed E-state index contributed by atoms with van der Waals surface area (Å²) in [6.07, 6.45) is 3.71. The molecule has 0 aliphatic carbocycles. The molecular formula is C64H109N3O23. The number of nitro groups is 1. The number of nitrogens with zero attached hydrogens (tertiary/aromatic N) is 1. The number of allylic oxidation sites excluding steroid dienone is 1. The van der Waals surface area contributed by atoms with Crippen molar-refractivity contribution in [3.63, 3.8) is 0 Å². The molecule has 26 nitrogen and oxygen atoms in total. The molecule has 3 aliphatic heterocycles. The number of ether oxygens (including phenoxy) is 6. The highest BCUT2D eigenvalue weighted by molar-refractivity contribution is 5.95. The number of aliphatic hydroxyl groups is 11. The van der Waals surface area contributed by atoms with Crippen molar-refractivity contribution in [2.24, 2.45) is 0 Å². The van der Waals surface area contributed by atoms with Crippen LogP contribution in [-0.4, -0.2) is 220 Å². The Kier molecular flexibility index (Phi) is 37.6. The van der Waals surface area contributed by atoms with Crippen molar-refractivity contribution in [3.8, 4) is 0 Å². The number of nitro benzene ring substituents is 1. The Hall–Kier alpha value is -3.91. The van der Waals surface area contributed by atoms with E-state index >= 15 is 0 Å². The number of aliphatic carboxylic acids is 1. The quantitative estimate of drug-likeness (QED) is 0.0186. The molecule has 3 heterocycles. The SMILES string of the molecule is CCCCCCCCCCCCC/C=C/[C@@H](O)[C@H](CO[C@@H]1O[C@H](CO)[C@@H](O[C@@H]2O[C@H](CO)[C@H](O)[C@H](O[C@]3(C(=O)O)C[C@H](O)[C@@H](NC(=O)c4cccc([N+](=O)[O-])c4)[C@H]([C@H](O)[C@H](O)CO)O3)[C@H]2O)[C@H](O)[C@H]1O)NC(=O)CCCCCCCCCCCCCCCCC. The first-order valence-electron chi connectivity index (χ1n) is 33.2. The van der Waals surface area contributed by atoms with Gasteiger partial charge >= 0.3 is 5.97 Å². The summed E-state index contributed by atoms with van der Waals surface area (Å²) in [5, 5.41) is 149. The maximum Gasteiger partial charge on any atom is 0.364 e. The van der Waals surface area contributed by atoms with Crippen molar-refractivity contribution < 1.29 is 109 Å². The lowest BCUT2D eigenvalue weighted by Crippen LogP contribution is -2.71. The highest BCUT2D eigenvalue weighted by atomic mass is 16.8. The maximum absolute atomic E-state index is 13.4. The second-order valence-corrected chi connectivity index (χ2v) is 24.5. The van der Waals surface area contributed by atoms with Gasteiger partial charge in [0.25, 0.3) is 17.4 Å². The molecule has 518 valence electrons. The van der Waals surface area contributed by atoms with E-state index in [-0.39, 0.29) is 17.9 Å². The summed E-state index contributed by atoms with van der Waals surface area (Å²) in [5.41, 5.74) is -0.817. The van der Waals surface area contributed by atoms with Gasteiger partial charge < -0.3 is 100 Å². The Morgan fingerprint density at radius 1 is 0.700 bits per heavy atom. The molecule has 0 aromatic heterocycles. The van der Waals surface area contributed by atoms with Gasteiger partial charge in [0, 0.05) is 30.5 Å². The van der Waals surface area contributed by atoms with Gasteiger partial charge in [-0.25, -0.2) is 4.79 Å². The molecule has 0 radical (unpaired) electrons. The molecule has 3 aliphatic rings. The lowest BCUT2D eigenvalue weighted by Gasteiger charge is -2.50. The van der Waals surface area contributed by atoms with Crippen molar-refractivity contribution in [2.75, 3.05) is 26.4 Å². The number of hydrogen-bond acceptors (Lipinski definition) is 22. The van der Waals surface area contributed by atoms with E-state index in [1.165, 1.54) is 121 Å². The normalized spacial score (nSPS) is 28.5. The number of carbonyl (C=O) groups excluding carboxylic acids is 2. The summed E-state index contributed by atoms with van der Waals surface area (Å²) in [7, 11) is 0. The zero-order valence-electron chi connectivity index (χ0n) is 52.9. The number of nitrogens with one attached hydrogen (secondary N) is 2. The Labute approximate surface area is 529 Å². The van der Waals surface area contributed by atoms with E-state index in [4.69, 9.17) is 28.4 Å². The standard InChI is InChI=1S/C64H109N3O23/c1-3-5-7-9-11-13-15-17-18-20-22-24-26-28-30-35-50(74)65-44(45(71)34-29-27-25-23-21-19-16-14-12-10-8-6-4-2)41-85-61-55(78)54(77)57(49(40-70)87-61)88-62-56(79)59(53(76)48(39-69)86-62)90-64(63(81)82)37-46(72)51(58(89-64)52(75)47(73)38-68)66-60(80)42-32-31-33-43(36-42)67(83)84/h29,31-34,36,44-49,51-59,61-62,68-73,75-79H,3-28,30,35,37-41H2,1-2H3,(H,65,74)(H,66,80)(H,81,82)/b34-29+/t44-,45+,46-,47+,48+,49+,51+,52+,53-,54+,55+,56+,57+,58+,59-,61+,62-,64-/m0/s1. The third-order valence-electron chi connectivity index (χ3n) is 17.2. The molecule has 1 aromatic rings. The van der Waals surface area contributed by atoms with Crippen LogP contribution in [0.5, 0.6) is 0 Å². The molecule has 0 bridgehead atoms. The highest BCUT2D eigenvalue weighted by Gasteiger charge is 2.60. The smallest absolute Gasteiger partial charge is 0.364 e. The molecule has 0 spiro atoms. The number of aliphatic hydroxyl groups excluding tert-OH is 11. The Morgan fingerprint density at radius 3 is 1.76 bits per heavy atom. The highest BCUT2D eigenvalue weighted by Crippen LogP contribution is 2.39. The summed E-state index contributed by atoms with van der Waals surface area (Å²) in [4.78, 5) is 50.7. The van der Waals surface area contributed by atoms with Gasteiger partial charge in [-0.2, -0.15) is 0 Å². The Balaban J connectivity index is 1.42. The summed E-state index contributed by atoms with van der Waals surface area (Å²) >= 11 is 0. The Bertz CT molecular complexity index is 2200. The average molecular weight is 1290 g/mol. The molecule has 0 saturated carbocycles. The molecule has 4 rings (SSSR count). The largest absolute Gasteiger partial charge is 0.477 e. The molecule has 90 heavy (non-hydrogen) atoms. The first-order valence-corrected chi connectivity index (χ1v) is 33.2. The van der Waals surface area contributed by atoms with Gasteiger partial charge in [-0.15, -0.1) is 0 Å². The third kappa shape index (κ3) is 25.8. The maximum atomic E-state index is 13.4. The van der Waals surface area contributed by atoms with Crippen molar-refractivity contribution >= 4 is 23.5 Å². The number of carboxylic acid groups (broad SMARTS) is 1. The number of unbranched alkanes of at least 4 members (excludes halogenated alkanes) is 25. The van der Waals surface area contributed by atoms with E-state index in [0.29, 0.717) is 12.8 Å². The number of rotatable bonds is 47. The van der Waals surface area contributed by atoms with Gasteiger partial charge in [0.1, 0.15) is 67.1 Å². The van der Waals surface area contributed by atoms with Crippen LogP contribution in [0.4, 0.5) is 5.69 Å². The minimum atomic E-state index is -3.22. The van der Waals surface area contributed by atoms with Gasteiger partial charge in [-0.1, -0.05) is 186 Å². The lowest BCUT2D eigenvalue weighted by molar-refractivity contribution is -0.386. The molecule has 1 aromatic carbocycles. The summed E-state index contributed by atoms with van der Waals surface area (Å²) in [5.74, 6) is -6.72. The van der Waals surface area contributed by atoms with Crippen LogP contribution in [0.1, 0.15) is 210 Å². The van der Waals surface area contributed by atoms with E-state index in [1.54, 1.807) is 6.08 Å². The number of benzene rings is 1.